The van der Waals surface area contributed by atoms with Crippen LogP contribution in [0.4, 0.5) is 5.95 Å². The molecule has 25 heavy (non-hydrogen) atoms. The van der Waals surface area contributed by atoms with Crippen molar-refractivity contribution < 1.29 is 9.53 Å². The lowest BCUT2D eigenvalue weighted by molar-refractivity contribution is -0.130. The molecule has 1 aromatic heterocycles. The summed E-state index contributed by atoms with van der Waals surface area (Å²) in [5, 5.41) is 0. The molecule has 7 nitrogen and oxygen atoms in total. The van der Waals surface area contributed by atoms with E-state index in [2.05, 4.69) is 23.1 Å². The molecule has 136 valence electrons. The number of aromatic nitrogens is 2. The van der Waals surface area contributed by atoms with E-state index in [4.69, 9.17) is 4.74 Å². The van der Waals surface area contributed by atoms with Gasteiger partial charge in [-0.3, -0.25) is 14.6 Å². The molecule has 0 aromatic carbocycles. The zero-order valence-corrected chi connectivity index (χ0v) is 14.8. The second kappa shape index (κ2) is 9.17. The molecule has 0 atom stereocenters. The molecule has 7 heteroatoms. The summed E-state index contributed by atoms with van der Waals surface area (Å²) in [5.41, 5.74) is 1.04. The first-order chi connectivity index (χ1) is 12.1. The van der Waals surface area contributed by atoms with Gasteiger partial charge in [-0.2, -0.15) is 0 Å². The molecule has 1 aliphatic heterocycles. The lowest BCUT2D eigenvalue weighted by Crippen LogP contribution is -2.39. The first-order valence-electron chi connectivity index (χ1n) is 8.49. The maximum atomic E-state index is 12.4. The highest BCUT2D eigenvalue weighted by molar-refractivity contribution is 5.76. The number of rotatable bonds is 8. The van der Waals surface area contributed by atoms with E-state index in [0.717, 1.165) is 0 Å². The number of nitrogens with zero attached hydrogens (tertiary/aromatic N) is 3. The van der Waals surface area contributed by atoms with Crippen LogP contribution in [-0.4, -0.2) is 60.2 Å². The summed E-state index contributed by atoms with van der Waals surface area (Å²) in [6.45, 7) is 12.7. The Labute approximate surface area is 148 Å². The molecule has 1 N–H and O–H groups in total. The number of anilines is 1. The van der Waals surface area contributed by atoms with Gasteiger partial charge in [0, 0.05) is 43.9 Å². The summed E-state index contributed by atoms with van der Waals surface area (Å²) >= 11 is 0. The van der Waals surface area contributed by atoms with Crippen molar-refractivity contribution in [1.29, 1.82) is 0 Å². The van der Waals surface area contributed by atoms with Gasteiger partial charge in [0.2, 0.25) is 11.9 Å². The fraction of sp³-hybridized carbons (Fsp3) is 0.500. The van der Waals surface area contributed by atoms with Crippen LogP contribution < -0.4 is 10.5 Å². The number of ether oxygens (including phenoxy) is 1. The molecule has 0 saturated carbocycles. The molecule has 0 aliphatic carbocycles. The molecule has 0 bridgehead atoms. The second-order valence-corrected chi connectivity index (χ2v) is 5.93. The molecular weight excluding hydrogens is 320 g/mol. The molecule has 1 aromatic rings. The van der Waals surface area contributed by atoms with Crippen LogP contribution >= 0.6 is 0 Å². The number of nitrogens with one attached hydrogen (secondary N) is 1. The highest BCUT2D eigenvalue weighted by atomic mass is 16.5. The second-order valence-electron chi connectivity index (χ2n) is 5.93. The monoisotopic (exact) mass is 346 g/mol. The van der Waals surface area contributed by atoms with Crippen LogP contribution in [0.1, 0.15) is 17.7 Å². The summed E-state index contributed by atoms with van der Waals surface area (Å²) in [7, 11) is 0. The van der Waals surface area contributed by atoms with Gasteiger partial charge in [-0.05, 0) is 13.3 Å². The van der Waals surface area contributed by atoms with Crippen molar-refractivity contribution in [2.24, 2.45) is 0 Å². The Morgan fingerprint density at radius 2 is 1.96 bits per heavy atom. The van der Waals surface area contributed by atoms with Crippen LogP contribution in [0.15, 0.2) is 30.1 Å². The van der Waals surface area contributed by atoms with Crippen molar-refractivity contribution in [2.75, 3.05) is 44.3 Å². The number of hydrogen-bond acceptors (Lipinski definition) is 5. The SMILES string of the molecule is C=CCN(CC=C)C(=O)CCc1c(C)nc(N2CCOCC2)[nH]c1=O. The van der Waals surface area contributed by atoms with Crippen molar-refractivity contribution in [3.8, 4) is 0 Å². The molecule has 1 fully saturated rings. The minimum absolute atomic E-state index is 0.0316. The summed E-state index contributed by atoms with van der Waals surface area (Å²) in [6, 6.07) is 0. The number of aryl methyl sites for hydroxylation is 1. The van der Waals surface area contributed by atoms with Crippen LogP contribution in [-0.2, 0) is 16.0 Å². The third-order valence-electron chi connectivity index (χ3n) is 4.16. The van der Waals surface area contributed by atoms with E-state index in [0.29, 0.717) is 63.0 Å². The number of carbonyl (C=O) groups is 1. The molecule has 0 unspecified atom stereocenters. The third kappa shape index (κ3) is 5.03. The van der Waals surface area contributed by atoms with E-state index in [9.17, 15) is 9.59 Å². The molecule has 0 radical (unpaired) electrons. The van der Waals surface area contributed by atoms with Crippen molar-refractivity contribution in [1.82, 2.24) is 14.9 Å². The Kier molecular flexibility index (Phi) is 6.94. The number of carbonyl (C=O) groups excluding carboxylic acids is 1. The highest BCUT2D eigenvalue weighted by Gasteiger charge is 2.17. The molecule has 1 saturated heterocycles. The fourth-order valence-corrected chi connectivity index (χ4v) is 2.79. The van der Waals surface area contributed by atoms with Gasteiger partial charge < -0.3 is 14.5 Å². The Balaban J connectivity index is 2.06. The van der Waals surface area contributed by atoms with Gasteiger partial charge in [0.05, 0.1) is 13.2 Å². The Morgan fingerprint density at radius 3 is 2.52 bits per heavy atom. The fourth-order valence-electron chi connectivity index (χ4n) is 2.79. The Hall–Kier alpha value is -2.41. The first-order valence-corrected chi connectivity index (χ1v) is 8.49. The van der Waals surface area contributed by atoms with Crippen molar-refractivity contribution in [3.05, 3.63) is 46.9 Å². The average molecular weight is 346 g/mol. The predicted molar refractivity (Wildman–Crippen MR) is 97.9 cm³/mol. The van der Waals surface area contributed by atoms with Crippen LogP contribution in [0.2, 0.25) is 0 Å². The van der Waals surface area contributed by atoms with Gasteiger partial charge in [0.1, 0.15) is 0 Å². The molecule has 1 aliphatic rings. The summed E-state index contributed by atoms with van der Waals surface area (Å²) < 4.78 is 5.31. The normalized spacial score (nSPS) is 14.2. The zero-order chi connectivity index (χ0) is 18.2. The number of morpholine rings is 1. The molecule has 2 rings (SSSR count). The highest BCUT2D eigenvalue weighted by Crippen LogP contribution is 2.11. The van der Waals surface area contributed by atoms with Gasteiger partial charge >= 0.3 is 0 Å². The Morgan fingerprint density at radius 1 is 1.32 bits per heavy atom. The largest absolute Gasteiger partial charge is 0.378 e. The predicted octanol–water partition coefficient (Wildman–Crippen LogP) is 1.05. The summed E-state index contributed by atoms with van der Waals surface area (Å²) in [6.07, 6.45) is 3.97. The molecular formula is C18H26N4O3. The third-order valence-corrected chi connectivity index (χ3v) is 4.16. The lowest BCUT2D eigenvalue weighted by Gasteiger charge is -2.27. The van der Waals surface area contributed by atoms with Gasteiger partial charge in [-0.1, -0.05) is 12.2 Å². The smallest absolute Gasteiger partial charge is 0.255 e. The van der Waals surface area contributed by atoms with Crippen LogP contribution in [0.5, 0.6) is 0 Å². The van der Waals surface area contributed by atoms with E-state index in [-0.39, 0.29) is 17.9 Å². The van der Waals surface area contributed by atoms with Gasteiger partial charge in [-0.15, -0.1) is 13.2 Å². The van der Waals surface area contributed by atoms with Gasteiger partial charge in [0.15, 0.2) is 0 Å². The van der Waals surface area contributed by atoms with Crippen LogP contribution in [0, 0.1) is 6.92 Å². The minimum atomic E-state index is -0.180. The van der Waals surface area contributed by atoms with Crippen molar-refractivity contribution >= 4 is 11.9 Å². The number of H-pyrrole nitrogens is 1. The molecule has 2 heterocycles. The first kappa shape index (κ1) is 18.9. The number of hydrogen-bond donors (Lipinski definition) is 1. The zero-order valence-electron chi connectivity index (χ0n) is 14.8. The molecule has 0 spiro atoms. The van der Waals surface area contributed by atoms with E-state index in [1.54, 1.807) is 17.1 Å². The minimum Gasteiger partial charge on any atom is -0.378 e. The van der Waals surface area contributed by atoms with Gasteiger partial charge in [0.25, 0.3) is 5.56 Å². The van der Waals surface area contributed by atoms with E-state index < -0.39 is 0 Å². The average Bonchev–Trinajstić information content (AvgIpc) is 2.61. The van der Waals surface area contributed by atoms with E-state index in [1.807, 2.05) is 11.8 Å². The van der Waals surface area contributed by atoms with Crippen LogP contribution in [0.25, 0.3) is 0 Å². The number of amides is 1. The maximum Gasteiger partial charge on any atom is 0.255 e. The van der Waals surface area contributed by atoms with Crippen molar-refractivity contribution in [2.45, 2.75) is 19.8 Å². The van der Waals surface area contributed by atoms with Crippen molar-refractivity contribution in [3.63, 3.8) is 0 Å². The van der Waals surface area contributed by atoms with Crippen LogP contribution in [0.3, 0.4) is 0 Å². The van der Waals surface area contributed by atoms with Gasteiger partial charge in [-0.25, -0.2) is 4.98 Å². The number of aromatic amines is 1. The quantitative estimate of drug-likeness (QED) is 0.712. The summed E-state index contributed by atoms with van der Waals surface area (Å²) in [4.78, 5) is 35.7. The standard InChI is InChI=1S/C18H26N4O3/c1-4-8-21(9-5-2)16(23)7-6-15-14(3)19-18(20-17(15)24)22-10-12-25-13-11-22/h4-5H,1-2,6-13H2,3H3,(H,19,20,24). The topological polar surface area (TPSA) is 78.5 Å². The molecule has 1 amide bonds. The Bertz CT molecular complexity index is 667. The van der Waals surface area contributed by atoms with E-state index in [1.165, 1.54) is 0 Å². The lowest BCUT2D eigenvalue weighted by atomic mass is 10.1. The van der Waals surface area contributed by atoms with E-state index >= 15 is 0 Å². The summed E-state index contributed by atoms with van der Waals surface area (Å²) in [5.74, 6) is 0.539. The maximum absolute atomic E-state index is 12.4.